The van der Waals surface area contributed by atoms with Gasteiger partial charge in [0.2, 0.25) is 0 Å². The van der Waals surface area contributed by atoms with Crippen LogP contribution in [0.25, 0.3) is 0 Å². The predicted molar refractivity (Wildman–Crippen MR) is 72.2 cm³/mol. The number of hydrogen-bond acceptors (Lipinski definition) is 4. The van der Waals surface area contributed by atoms with Crippen LogP contribution in [-0.2, 0) is 0 Å². The summed E-state index contributed by atoms with van der Waals surface area (Å²) in [6.45, 7) is 5.66. The number of likely N-dealkylation sites (N-methyl/N-ethyl adjacent to an activating group) is 2. The van der Waals surface area contributed by atoms with Gasteiger partial charge in [0.1, 0.15) is 11.4 Å². The number of hydrogen-bond donors (Lipinski definition) is 1. The fourth-order valence-electron chi connectivity index (χ4n) is 2.09. The molecular formula is C13H21N3O2. The molecule has 0 fully saturated rings. The summed E-state index contributed by atoms with van der Waals surface area (Å²) in [6, 6.07) is 3.45. The Morgan fingerprint density at radius 2 is 2.17 bits per heavy atom. The molecule has 1 heterocycles. The van der Waals surface area contributed by atoms with E-state index in [9.17, 15) is 9.90 Å². The van der Waals surface area contributed by atoms with Crippen molar-refractivity contribution < 1.29 is 9.90 Å². The highest BCUT2D eigenvalue weighted by Gasteiger charge is 2.20. The summed E-state index contributed by atoms with van der Waals surface area (Å²) < 4.78 is 0. The van der Waals surface area contributed by atoms with E-state index in [1.54, 1.807) is 18.3 Å². The van der Waals surface area contributed by atoms with Gasteiger partial charge in [-0.3, -0.25) is 0 Å². The molecule has 0 spiro atoms. The lowest BCUT2D eigenvalue weighted by molar-refractivity contribution is 0.0697. The van der Waals surface area contributed by atoms with E-state index in [4.69, 9.17) is 0 Å². The maximum absolute atomic E-state index is 11.2. The number of carbonyl (C=O) groups is 1. The van der Waals surface area contributed by atoms with E-state index < -0.39 is 5.97 Å². The molecule has 0 aromatic carbocycles. The number of pyridine rings is 1. The van der Waals surface area contributed by atoms with Crippen LogP contribution in [0.1, 0.15) is 24.2 Å². The molecule has 1 N–H and O–H groups in total. The van der Waals surface area contributed by atoms with Gasteiger partial charge in [0.05, 0.1) is 0 Å². The van der Waals surface area contributed by atoms with Gasteiger partial charge in [0.25, 0.3) is 0 Å². The number of carboxylic acid groups (broad SMARTS) is 1. The van der Waals surface area contributed by atoms with E-state index in [1.807, 2.05) is 25.9 Å². The summed E-state index contributed by atoms with van der Waals surface area (Å²) in [5.74, 6) is -0.393. The van der Waals surface area contributed by atoms with Crippen molar-refractivity contribution >= 4 is 11.8 Å². The van der Waals surface area contributed by atoms with Gasteiger partial charge in [-0.1, -0.05) is 0 Å². The Morgan fingerprint density at radius 1 is 1.50 bits per heavy atom. The Balaban J connectivity index is 3.05. The van der Waals surface area contributed by atoms with Crippen LogP contribution in [0, 0.1) is 0 Å². The number of aromatic nitrogens is 1. The summed E-state index contributed by atoms with van der Waals surface area (Å²) in [7, 11) is 4.00. The topological polar surface area (TPSA) is 56.7 Å². The lowest BCUT2D eigenvalue weighted by Crippen LogP contribution is -2.41. The third-order valence-electron chi connectivity index (χ3n) is 2.79. The summed E-state index contributed by atoms with van der Waals surface area (Å²) in [4.78, 5) is 19.5. The van der Waals surface area contributed by atoms with Gasteiger partial charge in [-0.05, 0) is 40.1 Å². The van der Waals surface area contributed by atoms with Gasteiger partial charge in [0.15, 0.2) is 0 Å². The number of rotatable bonds is 6. The normalized spacial score (nSPS) is 12.5. The lowest BCUT2D eigenvalue weighted by atomic mass is 10.2. The fourth-order valence-corrected chi connectivity index (χ4v) is 2.09. The highest BCUT2D eigenvalue weighted by Crippen LogP contribution is 2.19. The third kappa shape index (κ3) is 3.43. The molecule has 1 aromatic heterocycles. The van der Waals surface area contributed by atoms with Crippen LogP contribution in [0.4, 0.5) is 5.82 Å². The van der Waals surface area contributed by atoms with Gasteiger partial charge < -0.3 is 14.9 Å². The van der Waals surface area contributed by atoms with Gasteiger partial charge in [0, 0.05) is 25.3 Å². The predicted octanol–water partition coefficient (Wildman–Crippen LogP) is 1.56. The quantitative estimate of drug-likeness (QED) is 0.831. The maximum atomic E-state index is 11.2. The van der Waals surface area contributed by atoms with E-state index in [-0.39, 0.29) is 11.6 Å². The Labute approximate surface area is 108 Å². The van der Waals surface area contributed by atoms with E-state index in [2.05, 4.69) is 16.8 Å². The van der Waals surface area contributed by atoms with Crippen molar-refractivity contribution in [2.75, 3.05) is 32.1 Å². The minimum absolute atomic E-state index is 0.206. The second kappa shape index (κ2) is 6.35. The van der Waals surface area contributed by atoms with Crippen molar-refractivity contribution in [3.05, 3.63) is 23.9 Å². The van der Waals surface area contributed by atoms with Gasteiger partial charge >= 0.3 is 5.97 Å². The van der Waals surface area contributed by atoms with Crippen molar-refractivity contribution in [2.24, 2.45) is 0 Å². The molecular weight excluding hydrogens is 230 g/mol. The fraction of sp³-hybridized carbons (Fsp3) is 0.538. The molecule has 18 heavy (non-hydrogen) atoms. The van der Waals surface area contributed by atoms with Crippen molar-refractivity contribution in [3.63, 3.8) is 0 Å². The first-order chi connectivity index (χ1) is 8.47. The lowest BCUT2D eigenvalue weighted by Gasteiger charge is -2.31. The molecule has 5 heteroatoms. The van der Waals surface area contributed by atoms with Gasteiger partial charge in [-0.25, -0.2) is 9.78 Å². The molecule has 0 aliphatic heterocycles. The number of carboxylic acids is 1. The van der Waals surface area contributed by atoms with Crippen LogP contribution >= 0.6 is 0 Å². The molecule has 0 aliphatic carbocycles. The summed E-state index contributed by atoms with van der Waals surface area (Å²) >= 11 is 0. The Hall–Kier alpha value is -1.62. The molecule has 100 valence electrons. The monoisotopic (exact) mass is 251 g/mol. The van der Waals surface area contributed by atoms with E-state index in [1.165, 1.54) is 0 Å². The van der Waals surface area contributed by atoms with Crippen molar-refractivity contribution in [2.45, 2.75) is 19.9 Å². The zero-order valence-corrected chi connectivity index (χ0v) is 11.4. The molecule has 0 radical (unpaired) electrons. The molecule has 5 nitrogen and oxygen atoms in total. The Bertz CT molecular complexity index is 407. The zero-order chi connectivity index (χ0) is 13.7. The minimum atomic E-state index is -0.936. The standard InChI is InChI=1S/C13H21N3O2/c1-5-16(10(2)9-15(3)4)12-11(13(17)18)7-6-8-14-12/h6-8,10H,5,9H2,1-4H3,(H,17,18). The molecule has 1 unspecified atom stereocenters. The SMILES string of the molecule is CCN(c1ncccc1C(=O)O)C(C)CN(C)C. The zero-order valence-electron chi connectivity index (χ0n) is 11.4. The highest BCUT2D eigenvalue weighted by molar-refractivity contribution is 5.93. The molecule has 0 saturated carbocycles. The molecule has 0 saturated heterocycles. The minimum Gasteiger partial charge on any atom is -0.478 e. The molecule has 0 bridgehead atoms. The highest BCUT2D eigenvalue weighted by atomic mass is 16.4. The first-order valence-corrected chi connectivity index (χ1v) is 6.07. The summed E-state index contributed by atoms with van der Waals surface area (Å²) in [5, 5.41) is 9.20. The Kier molecular flexibility index (Phi) is 5.09. The maximum Gasteiger partial charge on any atom is 0.339 e. The largest absolute Gasteiger partial charge is 0.478 e. The van der Waals surface area contributed by atoms with E-state index >= 15 is 0 Å². The third-order valence-corrected chi connectivity index (χ3v) is 2.79. The Morgan fingerprint density at radius 3 is 2.67 bits per heavy atom. The molecule has 0 aliphatic rings. The molecule has 1 rings (SSSR count). The van der Waals surface area contributed by atoms with Crippen molar-refractivity contribution in [1.29, 1.82) is 0 Å². The van der Waals surface area contributed by atoms with Crippen LogP contribution in [0.2, 0.25) is 0 Å². The molecule has 1 aromatic rings. The molecule has 0 amide bonds. The first-order valence-electron chi connectivity index (χ1n) is 6.07. The van der Waals surface area contributed by atoms with E-state index in [0.29, 0.717) is 5.82 Å². The van der Waals surface area contributed by atoms with Crippen molar-refractivity contribution in [1.82, 2.24) is 9.88 Å². The van der Waals surface area contributed by atoms with Gasteiger partial charge in [-0.2, -0.15) is 0 Å². The number of aromatic carboxylic acids is 1. The van der Waals surface area contributed by atoms with Crippen LogP contribution < -0.4 is 4.90 Å². The van der Waals surface area contributed by atoms with Crippen LogP contribution in [-0.4, -0.2) is 54.2 Å². The average Bonchev–Trinajstić information content (AvgIpc) is 2.29. The number of anilines is 1. The first kappa shape index (κ1) is 14.4. The smallest absolute Gasteiger partial charge is 0.339 e. The van der Waals surface area contributed by atoms with Crippen molar-refractivity contribution in [3.8, 4) is 0 Å². The second-order valence-electron chi connectivity index (χ2n) is 4.58. The second-order valence-corrected chi connectivity index (χ2v) is 4.58. The average molecular weight is 251 g/mol. The van der Waals surface area contributed by atoms with Crippen LogP contribution in [0.15, 0.2) is 18.3 Å². The van der Waals surface area contributed by atoms with Gasteiger partial charge in [-0.15, -0.1) is 0 Å². The van der Waals surface area contributed by atoms with Crippen LogP contribution in [0.3, 0.4) is 0 Å². The van der Waals surface area contributed by atoms with Crippen LogP contribution in [0.5, 0.6) is 0 Å². The summed E-state index contributed by atoms with van der Waals surface area (Å²) in [5.41, 5.74) is 0.255. The van der Waals surface area contributed by atoms with E-state index in [0.717, 1.165) is 13.1 Å². The number of nitrogens with zero attached hydrogens (tertiary/aromatic N) is 3. The summed E-state index contributed by atoms with van der Waals surface area (Å²) in [6.07, 6.45) is 1.63. The molecule has 1 atom stereocenters.